The number of hydrogen-bond acceptors (Lipinski definition) is 8. The van der Waals surface area contributed by atoms with Gasteiger partial charge >= 0.3 is 0 Å². The van der Waals surface area contributed by atoms with E-state index in [-0.39, 0.29) is 51.7 Å². The fraction of sp³-hybridized carbons (Fsp3) is 0.370. The van der Waals surface area contributed by atoms with Crippen molar-refractivity contribution >= 4 is 43.0 Å². The zero-order valence-electron chi connectivity index (χ0n) is 22.6. The molecule has 0 saturated carbocycles. The highest BCUT2D eigenvalue weighted by atomic mass is 32.2. The van der Waals surface area contributed by atoms with Gasteiger partial charge in [-0.25, -0.2) is 16.8 Å². The molecule has 0 fully saturated rings. The predicted molar refractivity (Wildman–Crippen MR) is 154 cm³/mol. The molecule has 3 atom stereocenters. The fourth-order valence-corrected chi connectivity index (χ4v) is 7.78. The fourth-order valence-electron chi connectivity index (χ4n) is 4.35. The number of aryl methyl sites for hydroxylation is 1. The van der Waals surface area contributed by atoms with Gasteiger partial charge in [-0.2, -0.15) is 4.31 Å². The van der Waals surface area contributed by atoms with E-state index in [0.717, 1.165) is 16.9 Å². The number of ether oxygens (including phenoxy) is 1. The van der Waals surface area contributed by atoms with E-state index in [4.69, 9.17) is 4.74 Å². The number of fused-ring (bicyclic) bond motifs is 1. The van der Waals surface area contributed by atoms with Crippen LogP contribution in [0.1, 0.15) is 29.8 Å². The molecule has 3 aromatic rings. The molecule has 1 aliphatic rings. The van der Waals surface area contributed by atoms with E-state index in [9.17, 15) is 26.7 Å². The Morgan fingerprint density at radius 1 is 1.15 bits per heavy atom. The number of aliphatic hydroxyl groups is 1. The van der Waals surface area contributed by atoms with Crippen molar-refractivity contribution in [2.24, 2.45) is 5.92 Å². The van der Waals surface area contributed by atoms with Crippen LogP contribution >= 0.6 is 11.3 Å². The summed E-state index contributed by atoms with van der Waals surface area (Å²) in [5.74, 6) is -0.540. The number of hydrogen-bond donors (Lipinski definition) is 2. The zero-order valence-corrected chi connectivity index (χ0v) is 25.1. The molecule has 2 heterocycles. The molecule has 1 aromatic heterocycles. The molecule has 2 N–H and O–H groups in total. The number of thiophene rings is 1. The number of benzene rings is 2. The SMILES string of the molecule is Cc1ccc(S(=O)(=O)Nc2ccc3c(c2)C(=O)N([C@H](C)CO)C[C@H](C)[C@@H](CN(C)S(=O)(=O)c2cccs2)O3)cc1. The lowest BCUT2D eigenvalue weighted by Crippen LogP contribution is -2.50. The van der Waals surface area contributed by atoms with Crippen molar-refractivity contribution in [3.8, 4) is 5.75 Å². The minimum atomic E-state index is -3.93. The Kier molecular flexibility index (Phi) is 8.90. The summed E-state index contributed by atoms with van der Waals surface area (Å²) in [6.45, 7) is 5.34. The van der Waals surface area contributed by atoms with Gasteiger partial charge in [-0.15, -0.1) is 11.3 Å². The number of aliphatic hydroxyl groups excluding tert-OH is 1. The van der Waals surface area contributed by atoms with Crippen LogP contribution in [0.4, 0.5) is 5.69 Å². The Hall–Kier alpha value is -2.97. The first-order chi connectivity index (χ1) is 18.8. The summed E-state index contributed by atoms with van der Waals surface area (Å²) < 4.78 is 62.3. The Balaban J connectivity index is 1.68. The summed E-state index contributed by atoms with van der Waals surface area (Å²) in [5.41, 5.74) is 1.18. The van der Waals surface area contributed by atoms with Crippen LogP contribution in [0.5, 0.6) is 5.75 Å². The largest absolute Gasteiger partial charge is 0.488 e. The van der Waals surface area contributed by atoms with E-state index in [1.54, 1.807) is 30.5 Å². The number of carbonyl (C=O) groups is 1. The van der Waals surface area contributed by atoms with Crippen LogP contribution in [-0.2, 0) is 20.0 Å². The Morgan fingerprint density at radius 2 is 1.85 bits per heavy atom. The van der Waals surface area contributed by atoms with Gasteiger partial charge in [-0.05, 0) is 55.6 Å². The van der Waals surface area contributed by atoms with Gasteiger partial charge in [0.25, 0.3) is 26.0 Å². The summed E-state index contributed by atoms with van der Waals surface area (Å²) in [6, 6.07) is 13.4. The molecule has 1 aliphatic heterocycles. The highest BCUT2D eigenvalue weighted by Crippen LogP contribution is 2.32. The third-order valence-corrected chi connectivity index (χ3v) is 11.4. The lowest BCUT2D eigenvalue weighted by molar-refractivity contribution is 0.0387. The Bertz CT molecular complexity index is 1560. The van der Waals surface area contributed by atoms with Gasteiger partial charge in [0.1, 0.15) is 16.1 Å². The van der Waals surface area contributed by atoms with Crippen molar-refractivity contribution in [3.63, 3.8) is 0 Å². The van der Waals surface area contributed by atoms with Gasteiger partial charge in [-0.1, -0.05) is 30.7 Å². The number of amides is 1. The lowest BCUT2D eigenvalue weighted by Gasteiger charge is -2.38. The smallest absolute Gasteiger partial charge is 0.261 e. The molecule has 1 amide bonds. The highest BCUT2D eigenvalue weighted by Gasteiger charge is 2.35. The molecule has 4 rings (SSSR count). The predicted octanol–water partition coefficient (Wildman–Crippen LogP) is 3.40. The summed E-state index contributed by atoms with van der Waals surface area (Å²) >= 11 is 1.12. The van der Waals surface area contributed by atoms with Crippen molar-refractivity contribution in [3.05, 3.63) is 71.1 Å². The van der Waals surface area contributed by atoms with Crippen molar-refractivity contribution in [1.82, 2.24) is 9.21 Å². The molecule has 10 nitrogen and oxygen atoms in total. The van der Waals surface area contributed by atoms with Crippen LogP contribution in [0.25, 0.3) is 0 Å². The first kappa shape index (κ1) is 30.0. The summed E-state index contributed by atoms with van der Waals surface area (Å²) in [7, 11) is -6.19. The standard InChI is InChI=1S/C27H33N3O7S3/c1-18-7-10-22(11-8-18)39(33,34)28-21-9-12-24-23(14-21)27(32)30(20(3)17-31)15-19(2)25(37-24)16-29(4)40(35,36)26-6-5-13-38-26/h5-14,19-20,25,28,31H,15-17H2,1-4H3/t19-,20+,25+/m0/s1. The van der Waals surface area contributed by atoms with E-state index in [0.29, 0.717) is 0 Å². The van der Waals surface area contributed by atoms with Gasteiger partial charge in [0.2, 0.25) is 0 Å². The van der Waals surface area contributed by atoms with Gasteiger partial charge in [0, 0.05) is 25.2 Å². The number of sulfonamides is 2. The molecule has 0 aliphatic carbocycles. The summed E-state index contributed by atoms with van der Waals surface area (Å²) in [6.07, 6.45) is -0.643. The molecule has 0 saturated heterocycles. The molecule has 0 unspecified atom stereocenters. The quantitative estimate of drug-likeness (QED) is 0.381. The van der Waals surface area contributed by atoms with E-state index in [1.807, 2.05) is 13.8 Å². The van der Waals surface area contributed by atoms with E-state index < -0.39 is 38.1 Å². The molecule has 0 bridgehead atoms. The molecular formula is C27H33N3O7S3. The lowest BCUT2D eigenvalue weighted by atomic mass is 9.99. The third kappa shape index (κ3) is 6.33. The van der Waals surface area contributed by atoms with Crippen LogP contribution in [0, 0.1) is 12.8 Å². The number of nitrogens with one attached hydrogen (secondary N) is 1. The number of nitrogens with zero attached hydrogens (tertiary/aromatic N) is 2. The van der Waals surface area contributed by atoms with Gasteiger partial charge in [0.05, 0.1) is 29.7 Å². The van der Waals surface area contributed by atoms with E-state index >= 15 is 0 Å². The van der Waals surface area contributed by atoms with Gasteiger partial charge < -0.3 is 14.7 Å². The van der Waals surface area contributed by atoms with Gasteiger partial charge in [0.15, 0.2) is 0 Å². The van der Waals surface area contributed by atoms with Crippen LogP contribution in [0.3, 0.4) is 0 Å². The third-order valence-electron chi connectivity index (χ3n) is 6.84. The van der Waals surface area contributed by atoms with Crippen LogP contribution in [-0.4, -0.2) is 75.9 Å². The monoisotopic (exact) mass is 607 g/mol. The van der Waals surface area contributed by atoms with Crippen LogP contribution < -0.4 is 9.46 Å². The second kappa shape index (κ2) is 11.9. The summed E-state index contributed by atoms with van der Waals surface area (Å²) in [5, 5.41) is 11.6. The molecular weight excluding hydrogens is 575 g/mol. The minimum Gasteiger partial charge on any atom is -0.488 e. The van der Waals surface area contributed by atoms with Crippen LogP contribution in [0.2, 0.25) is 0 Å². The first-order valence-electron chi connectivity index (χ1n) is 12.7. The second-order valence-corrected chi connectivity index (χ2v) is 14.9. The molecule has 2 aromatic carbocycles. The van der Waals surface area contributed by atoms with E-state index in [1.165, 1.54) is 52.7 Å². The first-order valence-corrected chi connectivity index (χ1v) is 16.5. The number of carbonyl (C=O) groups excluding carboxylic acids is 1. The van der Waals surface area contributed by atoms with Gasteiger partial charge in [-0.3, -0.25) is 9.52 Å². The summed E-state index contributed by atoms with van der Waals surface area (Å²) in [4.78, 5) is 15.2. The van der Waals surface area contributed by atoms with Crippen LogP contribution in [0.15, 0.2) is 69.1 Å². The maximum Gasteiger partial charge on any atom is 0.261 e. The van der Waals surface area contributed by atoms with E-state index in [2.05, 4.69) is 4.72 Å². The second-order valence-electron chi connectivity index (χ2n) is 9.97. The normalized spacial score (nSPS) is 18.9. The van der Waals surface area contributed by atoms with Crippen molar-refractivity contribution in [2.45, 2.75) is 42.0 Å². The number of rotatable bonds is 9. The molecule has 40 heavy (non-hydrogen) atoms. The minimum absolute atomic E-state index is 0.0121. The average Bonchev–Trinajstić information content (AvgIpc) is 3.47. The number of anilines is 1. The number of likely N-dealkylation sites (N-methyl/N-ethyl adjacent to an activating group) is 1. The van der Waals surface area contributed by atoms with Crippen molar-refractivity contribution in [1.29, 1.82) is 0 Å². The molecule has 216 valence electrons. The topological polar surface area (TPSA) is 133 Å². The Morgan fingerprint density at radius 3 is 2.48 bits per heavy atom. The van der Waals surface area contributed by atoms with Crippen molar-refractivity contribution < 1.29 is 31.5 Å². The van der Waals surface area contributed by atoms with Crippen molar-refractivity contribution in [2.75, 3.05) is 31.5 Å². The maximum absolute atomic E-state index is 13.7. The highest BCUT2D eigenvalue weighted by molar-refractivity contribution is 7.92. The molecule has 0 spiro atoms. The molecule has 0 radical (unpaired) electrons. The average molecular weight is 608 g/mol. The Labute approximate surface area is 239 Å². The molecule has 13 heteroatoms. The maximum atomic E-state index is 13.7. The zero-order chi connectivity index (χ0) is 29.2.